The highest BCUT2D eigenvalue weighted by atomic mass is 14.9. The van der Waals surface area contributed by atoms with Crippen LogP contribution in [0.4, 0.5) is 0 Å². The molecule has 0 saturated heterocycles. The summed E-state index contributed by atoms with van der Waals surface area (Å²) in [5.74, 6) is 0. The summed E-state index contributed by atoms with van der Waals surface area (Å²) in [5.41, 5.74) is 2.22. The van der Waals surface area contributed by atoms with Gasteiger partial charge in [0.25, 0.3) is 0 Å². The number of benzene rings is 1. The molecule has 2 heteroatoms. The van der Waals surface area contributed by atoms with Gasteiger partial charge >= 0.3 is 0 Å². The van der Waals surface area contributed by atoms with Gasteiger partial charge in [-0.3, -0.25) is 4.98 Å². The first-order valence-electron chi connectivity index (χ1n) is 7.02. The SMILES string of the molecule is C=CCC(Cc1ccc2ccccc2n1)NCCC. The molecule has 1 unspecified atom stereocenters. The number of para-hydroxylation sites is 1. The van der Waals surface area contributed by atoms with Crippen molar-refractivity contribution in [2.75, 3.05) is 6.54 Å². The second-order valence-electron chi connectivity index (χ2n) is 4.87. The Kier molecular flexibility index (Phi) is 5.10. The molecule has 1 N–H and O–H groups in total. The topological polar surface area (TPSA) is 24.9 Å². The van der Waals surface area contributed by atoms with Gasteiger partial charge in [0.05, 0.1) is 5.52 Å². The predicted octanol–water partition coefficient (Wildman–Crippen LogP) is 3.72. The van der Waals surface area contributed by atoms with E-state index in [1.807, 2.05) is 18.2 Å². The van der Waals surface area contributed by atoms with Gasteiger partial charge in [0, 0.05) is 23.5 Å². The van der Waals surface area contributed by atoms with Gasteiger partial charge < -0.3 is 5.32 Å². The van der Waals surface area contributed by atoms with E-state index in [-0.39, 0.29) is 0 Å². The van der Waals surface area contributed by atoms with Crippen LogP contribution in [-0.2, 0) is 6.42 Å². The number of fused-ring (bicyclic) bond motifs is 1. The third-order valence-corrected chi connectivity index (χ3v) is 3.25. The van der Waals surface area contributed by atoms with E-state index >= 15 is 0 Å². The molecule has 0 spiro atoms. The van der Waals surface area contributed by atoms with Gasteiger partial charge in [-0.05, 0) is 31.5 Å². The van der Waals surface area contributed by atoms with Crippen molar-refractivity contribution in [2.45, 2.75) is 32.2 Å². The van der Waals surface area contributed by atoms with E-state index < -0.39 is 0 Å². The first kappa shape index (κ1) is 13.8. The van der Waals surface area contributed by atoms with Crippen LogP contribution >= 0.6 is 0 Å². The van der Waals surface area contributed by atoms with Crippen LogP contribution < -0.4 is 5.32 Å². The molecule has 1 atom stereocenters. The van der Waals surface area contributed by atoms with Crippen molar-refractivity contribution in [3.63, 3.8) is 0 Å². The fourth-order valence-electron chi connectivity index (χ4n) is 2.26. The molecule has 2 aromatic rings. The number of aromatic nitrogens is 1. The van der Waals surface area contributed by atoms with E-state index in [4.69, 9.17) is 4.98 Å². The average molecular weight is 254 g/mol. The van der Waals surface area contributed by atoms with Crippen molar-refractivity contribution < 1.29 is 0 Å². The molecule has 1 aromatic carbocycles. The maximum atomic E-state index is 4.73. The van der Waals surface area contributed by atoms with Crippen molar-refractivity contribution >= 4 is 10.9 Å². The van der Waals surface area contributed by atoms with Crippen molar-refractivity contribution in [2.24, 2.45) is 0 Å². The smallest absolute Gasteiger partial charge is 0.0705 e. The lowest BCUT2D eigenvalue weighted by molar-refractivity contribution is 0.508. The van der Waals surface area contributed by atoms with Crippen molar-refractivity contribution in [1.29, 1.82) is 0 Å². The lowest BCUT2D eigenvalue weighted by Gasteiger charge is -2.16. The predicted molar refractivity (Wildman–Crippen MR) is 82.3 cm³/mol. The molecule has 2 rings (SSSR count). The molecule has 19 heavy (non-hydrogen) atoms. The highest BCUT2D eigenvalue weighted by Gasteiger charge is 2.08. The molecule has 0 amide bonds. The average Bonchev–Trinajstić information content (AvgIpc) is 2.45. The highest BCUT2D eigenvalue weighted by molar-refractivity contribution is 5.78. The number of pyridine rings is 1. The minimum absolute atomic E-state index is 0.436. The van der Waals surface area contributed by atoms with E-state index in [2.05, 4.69) is 43.1 Å². The summed E-state index contributed by atoms with van der Waals surface area (Å²) in [6, 6.07) is 13.0. The molecule has 1 heterocycles. The summed E-state index contributed by atoms with van der Waals surface area (Å²) in [5, 5.41) is 4.76. The van der Waals surface area contributed by atoms with Gasteiger partial charge in [-0.15, -0.1) is 6.58 Å². The van der Waals surface area contributed by atoms with Gasteiger partial charge in [0.2, 0.25) is 0 Å². The van der Waals surface area contributed by atoms with Gasteiger partial charge in [-0.2, -0.15) is 0 Å². The standard InChI is InChI=1S/C17H22N2/c1-3-7-15(18-12-4-2)13-16-11-10-14-8-5-6-9-17(14)19-16/h3,5-6,8-11,15,18H,1,4,7,12-13H2,2H3. The molecule has 0 saturated carbocycles. The van der Waals surface area contributed by atoms with E-state index in [0.29, 0.717) is 6.04 Å². The Labute approximate surface area is 115 Å². The first-order chi connectivity index (χ1) is 9.33. The molecule has 100 valence electrons. The van der Waals surface area contributed by atoms with Crippen LogP contribution in [0.3, 0.4) is 0 Å². The quantitative estimate of drug-likeness (QED) is 0.762. The van der Waals surface area contributed by atoms with Crippen molar-refractivity contribution in [3.8, 4) is 0 Å². The zero-order valence-corrected chi connectivity index (χ0v) is 11.6. The van der Waals surface area contributed by atoms with E-state index in [1.54, 1.807) is 0 Å². The monoisotopic (exact) mass is 254 g/mol. The lowest BCUT2D eigenvalue weighted by atomic mass is 10.1. The van der Waals surface area contributed by atoms with Crippen LogP contribution in [-0.4, -0.2) is 17.6 Å². The molecule has 0 bridgehead atoms. The van der Waals surface area contributed by atoms with Crippen LogP contribution in [0.25, 0.3) is 10.9 Å². The maximum Gasteiger partial charge on any atom is 0.0705 e. The number of hydrogen-bond donors (Lipinski definition) is 1. The summed E-state index contributed by atoms with van der Waals surface area (Å²) < 4.78 is 0. The Morgan fingerprint density at radius 1 is 1.26 bits per heavy atom. The fourth-order valence-corrected chi connectivity index (χ4v) is 2.26. The molecule has 0 radical (unpaired) electrons. The van der Waals surface area contributed by atoms with Gasteiger partial charge in [-0.25, -0.2) is 0 Å². The van der Waals surface area contributed by atoms with Crippen molar-refractivity contribution in [3.05, 3.63) is 54.7 Å². The second kappa shape index (κ2) is 7.05. The van der Waals surface area contributed by atoms with Crippen molar-refractivity contribution in [1.82, 2.24) is 10.3 Å². The molecule has 1 aromatic heterocycles. The molecule has 0 aliphatic heterocycles. The van der Waals surface area contributed by atoms with Gasteiger partial charge in [0.1, 0.15) is 0 Å². The minimum Gasteiger partial charge on any atom is -0.313 e. The number of nitrogens with one attached hydrogen (secondary N) is 1. The third-order valence-electron chi connectivity index (χ3n) is 3.25. The van der Waals surface area contributed by atoms with Crippen LogP contribution in [0.5, 0.6) is 0 Å². The summed E-state index contributed by atoms with van der Waals surface area (Å²) in [7, 11) is 0. The summed E-state index contributed by atoms with van der Waals surface area (Å²) in [6.07, 6.45) is 5.07. The Morgan fingerprint density at radius 2 is 2.11 bits per heavy atom. The van der Waals surface area contributed by atoms with Crippen LogP contribution in [0, 0.1) is 0 Å². The van der Waals surface area contributed by atoms with Crippen LogP contribution in [0.15, 0.2) is 49.1 Å². The summed E-state index contributed by atoms with van der Waals surface area (Å²) >= 11 is 0. The lowest BCUT2D eigenvalue weighted by Crippen LogP contribution is -2.31. The van der Waals surface area contributed by atoms with Gasteiger partial charge in [-0.1, -0.05) is 37.3 Å². The van der Waals surface area contributed by atoms with Crippen LogP contribution in [0.1, 0.15) is 25.5 Å². The molecule has 2 nitrogen and oxygen atoms in total. The highest BCUT2D eigenvalue weighted by Crippen LogP contribution is 2.13. The normalized spacial score (nSPS) is 12.5. The number of hydrogen-bond acceptors (Lipinski definition) is 2. The van der Waals surface area contributed by atoms with Gasteiger partial charge in [0.15, 0.2) is 0 Å². The molecule has 0 aliphatic rings. The Balaban J connectivity index is 2.11. The Morgan fingerprint density at radius 3 is 2.89 bits per heavy atom. The second-order valence-corrected chi connectivity index (χ2v) is 4.87. The van der Waals surface area contributed by atoms with E-state index in [1.165, 1.54) is 5.39 Å². The van der Waals surface area contributed by atoms with E-state index in [9.17, 15) is 0 Å². The molecule has 0 aliphatic carbocycles. The van der Waals surface area contributed by atoms with Crippen LogP contribution in [0.2, 0.25) is 0 Å². The maximum absolute atomic E-state index is 4.73. The molecular weight excluding hydrogens is 232 g/mol. The number of nitrogens with zero attached hydrogens (tertiary/aromatic N) is 1. The Bertz CT molecular complexity index is 534. The molecular formula is C17H22N2. The summed E-state index contributed by atoms with van der Waals surface area (Å²) in [4.78, 5) is 4.73. The summed E-state index contributed by atoms with van der Waals surface area (Å²) in [6.45, 7) is 7.07. The third kappa shape index (κ3) is 3.90. The van der Waals surface area contributed by atoms with E-state index in [0.717, 1.165) is 37.0 Å². The zero-order valence-electron chi connectivity index (χ0n) is 11.6. The fraction of sp³-hybridized carbons (Fsp3) is 0.353. The zero-order chi connectivity index (χ0) is 13.5. The minimum atomic E-state index is 0.436. The number of rotatable bonds is 7. The largest absolute Gasteiger partial charge is 0.313 e. The molecule has 0 fully saturated rings. The Hall–Kier alpha value is -1.67. The first-order valence-corrected chi connectivity index (χ1v) is 7.02.